The first-order valence-corrected chi connectivity index (χ1v) is 8.15. The van der Waals surface area contributed by atoms with E-state index in [1.54, 1.807) is 18.3 Å². The Labute approximate surface area is 113 Å². The molecule has 1 rings (SSSR count). The van der Waals surface area contributed by atoms with Gasteiger partial charge >= 0.3 is 0 Å². The maximum Gasteiger partial charge on any atom is 0.255 e. The summed E-state index contributed by atoms with van der Waals surface area (Å²) in [5, 5.41) is 5.63. The molecule has 19 heavy (non-hydrogen) atoms. The SMILES string of the molecule is CCCNc1ncccc1C(=O)NCCS(C)(=O)=O. The highest BCUT2D eigenvalue weighted by molar-refractivity contribution is 7.90. The van der Waals surface area contributed by atoms with Crippen molar-refractivity contribution >= 4 is 21.6 Å². The molecule has 2 N–H and O–H groups in total. The van der Waals surface area contributed by atoms with Gasteiger partial charge in [0.15, 0.2) is 0 Å². The average molecular weight is 285 g/mol. The summed E-state index contributed by atoms with van der Waals surface area (Å²) in [5.74, 6) is 0.119. The van der Waals surface area contributed by atoms with Crippen LogP contribution in [0.4, 0.5) is 5.82 Å². The fourth-order valence-electron chi connectivity index (χ4n) is 1.42. The van der Waals surface area contributed by atoms with Gasteiger partial charge in [0, 0.05) is 25.5 Å². The average Bonchev–Trinajstić information content (AvgIpc) is 2.35. The largest absolute Gasteiger partial charge is 0.369 e. The Morgan fingerprint density at radius 1 is 1.37 bits per heavy atom. The number of nitrogens with one attached hydrogen (secondary N) is 2. The maximum absolute atomic E-state index is 11.9. The topological polar surface area (TPSA) is 88.2 Å². The van der Waals surface area contributed by atoms with Gasteiger partial charge in [-0.3, -0.25) is 4.79 Å². The van der Waals surface area contributed by atoms with Gasteiger partial charge in [0.05, 0.1) is 11.3 Å². The van der Waals surface area contributed by atoms with Gasteiger partial charge in [-0.05, 0) is 18.6 Å². The number of pyridine rings is 1. The lowest BCUT2D eigenvalue weighted by atomic mass is 10.2. The van der Waals surface area contributed by atoms with Crippen molar-refractivity contribution in [3.63, 3.8) is 0 Å². The second kappa shape index (κ2) is 7.08. The number of anilines is 1. The van der Waals surface area contributed by atoms with E-state index >= 15 is 0 Å². The van der Waals surface area contributed by atoms with Gasteiger partial charge < -0.3 is 10.6 Å². The molecular formula is C12H19N3O3S. The molecule has 1 aromatic rings. The van der Waals surface area contributed by atoms with E-state index < -0.39 is 9.84 Å². The zero-order valence-corrected chi connectivity index (χ0v) is 12.0. The van der Waals surface area contributed by atoms with Gasteiger partial charge in [0.2, 0.25) is 0 Å². The van der Waals surface area contributed by atoms with Crippen molar-refractivity contribution in [1.82, 2.24) is 10.3 Å². The van der Waals surface area contributed by atoms with Crippen LogP contribution in [0.1, 0.15) is 23.7 Å². The smallest absolute Gasteiger partial charge is 0.255 e. The van der Waals surface area contributed by atoms with Gasteiger partial charge in [0.25, 0.3) is 5.91 Å². The summed E-state index contributed by atoms with van der Waals surface area (Å²) < 4.78 is 22.0. The Morgan fingerprint density at radius 2 is 2.11 bits per heavy atom. The Kier molecular flexibility index (Phi) is 5.75. The summed E-state index contributed by atoms with van der Waals surface area (Å²) in [6.07, 6.45) is 3.66. The number of amides is 1. The predicted molar refractivity (Wildman–Crippen MR) is 75.1 cm³/mol. The third kappa shape index (κ3) is 5.69. The molecule has 0 unspecified atom stereocenters. The summed E-state index contributed by atoms with van der Waals surface area (Å²) in [6.45, 7) is 2.84. The second-order valence-corrected chi connectivity index (χ2v) is 6.47. The predicted octanol–water partition coefficient (Wildman–Crippen LogP) is 0.678. The molecule has 106 valence electrons. The monoisotopic (exact) mass is 285 g/mol. The highest BCUT2D eigenvalue weighted by atomic mass is 32.2. The Balaban J connectivity index is 2.65. The molecule has 0 radical (unpaired) electrons. The van der Waals surface area contributed by atoms with Crippen LogP contribution in [0.2, 0.25) is 0 Å². The van der Waals surface area contributed by atoms with Crippen LogP contribution in [-0.4, -0.2) is 44.4 Å². The van der Waals surface area contributed by atoms with E-state index in [0.29, 0.717) is 11.4 Å². The lowest BCUT2D eigenvalue weighted by molar-refractivity contribution is 0.0956. The fraction of sp³-hybridized carbons (Fsp3) is 0.500. The Morgan fingerprint density at radius 3 is 2.74 bits per heavy atom. The molecule has 0 aromatic carbocycles. The van der Waals surface area contributed by atoms with Crippen LogP contribution in [0.5, 0.6) is 0 Å². The number of carbonyl (C=O) groups excluding carboxylic acids is 1. The van der Waals surface area contributed by atoms with E-state index in [2.05, 4.69) is 15.6 Å². The quantitative estimate of drug-likeness (QED) is 0.769. The highest BCUT2D eigenvalue weighted by Gasteiger charge is 2.12. The first-order chi connectivity index (χ1) is 8.94. The van der Waals surface area contributed by atoms with E-state index in [4.69, 9.17) is 0 Å². The summed E-state index contributed by atoms with van der Waals surface area (Å²) >= 11 is 0. The first kappa shape index (κ1) is 15.4. The molecule has 0 saturated heterocycles. The van der Waals surface area contributed by atoms with Crippen molar-refractivity contribution in [3.05, 3.63) is 23.9 Å². The van der Waals surface area contributed by atoms with E-state index in [9.17, 15) is 13.2 Å². The van der Waals surface area contributed by atoms with E-state index in [0.717, 1.165) is 19.2 Å². The summed E-state index contributed by atoms with van der Waals surface area (Å²) in [5.41, 5.74) is 0.421. The van der Waals surface area contributed by atoms with Gasteiger partial charge in [-0.15, -0.1) is 0 Å². The van der Waals surface area contributed by atoms with Gasteiger partial charge in [-0.1, -0.05) is 6.92 Å². The molecule has 0 atom stereocenters. The molecule has 0 bridgehead atoms. The molecule has 0 aliphatic heterocycles. The van der Waals surface area contributed by atoms with Crippen molar-refractivity contribution in [2.45, 2.75) is 13.3 Å². The van der Waals surface area contributed by atoms with Crippen LogP contribution in [0.15, 0.2) is 18.3 Å². The van der Waals surface area contributed by atoms with E-state index in [1.807, 2.05) is 6.92 Å². The van der Waals surface area contributed by atoms with E-state index in [1.165, 1.54) is 0 Å². The van der Waals surface area contributed by atoms with Gasteiger partial charge in [0.1, 0.15) is 15.7 Å². The molecule has 7 heteroatoms. The minimum Gasteiger partial charge on any atom is -0.369 e. The van der Waals surface area contributed by atoms with Crippen LogP contribution in [0.3, 0.4) is 0 Å². The molecule has 0 aliphatic rings. The molecule has 6 nitrogen and oxygen atoms in total. The summed E-state index contributed by atoms with van der Waals surface area (Å²) in [4.78, 5) is 16.0. The first-order valence-electron chi connectivity index (χ1n) is 6.09. The van der Waals surface area contributed by atoms with Crippen molar-refractivity contribution < 1.29 is 13.2 Å². The summed E-state index contributed by atoms with van der Waals surface area (Å²) in [6, 6.07) is 3.32. The van der Waals surface area contributed by atoms with Crippen molar-refractivity contribution in [1.29, 1.82) is 0 Å². The zero-order valence-electron chi connectivity index (χ0n) is 11.1. The third-order valence-corrected chi connectivity index (χ3v) is 3.30. The Bertz CT molecular complexity index is 529. The zero-order chi connectivity index (χ0) is 14.3. The van der Waals surface area contributed by atoms with Crippen LogP contribution < -0.4 is 10.6 Å². The number of sulfone groups is 1. The Hall–Kier alpha value is -1.63. The van der Waals surface area contributed by atoms with Crippen LogP contribution in [0.25, 0.3) is 0 Å². The number of carbonyl (C=O) groups is 1. The van der Waals surface area contributed by atoms with Crippen LogP contribution >= 0.6 is 0 Å². The lowest BCUT2D eigenvalue weighted by Gasteiger charge is -2.10. The fourth-order valence-corrected chi connectivity index (χ4v) is 1.89. The van der Waals surface area contributed by atoms with Crippen molar-refractivity contribution in [2.75, 3.05) is 30.4 Å². The third-order valence-electron chi connectivity index (χ3n) is 2.35. The van der Waals surface area contributed by atoms with Crippen LogP contribution in [0, 0.1) is 0 Å². The number of hydrogen-bond acceptors (Lipinski definition) is 5. The minimum absolute atomic E-state index is 0.0727. The molecule has 0 spiro atoms. The lowest BCUT2D eigenvalue weighted by Crippen LogP contribution is -2.29. The molecule has 1 amide bonds. The minimum atomic E-state index is -3.07. The van der Waals surface area contributed by atoms with Crippen molar-refractivity contribution in [2.24, 2.45) is 0 Å². The van der Waals surface area contributed by atoms with Crippen LogP contribution in [-0.2, 0) is 9.84 Å². The summed E-state index contributed by atoms with van der Waals surface area (Å²) in [7, 11) is -3.07. The molecule has 1 heterocycles. The highest BCUT2D eigenvalue weighted by Crippen LogP contribution is 2.10. The number of nitrogens with zero attached hydrogens (tertiary/aromatic N) is 1. The number of rotatable bonds is 7. The second-order valence-electron chi connectivity index (χ2n) is 4.21. The van der Waals surface area contributed by atoms with Gasteiger partial charge in [-0.2, -0.15) is 0 Å². The molecule has 0 fully saturated rings. The number of aromatic nitrogens is 1. The molecule has 0 saturated carbocycles. The number of hydrogen-bond donors (Lipinski definition) is 2. The van der Waals surface area contributed by atoms with Gasteiger partial charge in [-0.25, -0.2) is 13.4 Å². The standard InChI is InChI=1S/C12H19N3O3S/c1-3-6-13-11-10(5-4-7-14-11)12(16)15-8-9-19(2,17)18/h4-5,7H,3,6,8-9H2,1-2H3,(H,13,14)(H,15,16). The van der Waals surface area contributed by atoms with Crippen molar-refractivity contribution in [3.8, 4) is 0 Å². The van der Waals surface area contributed by atoms with E-state index in [-0.39, 0.29) is 18.2 Å². The molecular weight excluding hydrogens is 266 g/mol. The maximum atomic E-state index is 11.9. The normalized spacial score (nSPS) is 11.1. The molecule has 0 aliphatic carbocycles. The molecule has 1 aromatic heterocycles.